The number of nitrogens with one attached hydrogen (secondary N) is 1. The van der Waals surface area contributed by atoms with Crippen LogP contribution >= 0.6 is 11.3 Å². The summed E-state index contributed by atoms with van der Waals surface area (Å²) in [6, 6.07) is 1.77. The highest BCUT2D eigenvalue weighted by atomic mass is 32.1. The number of pyridine rings is 1. The second-order valence-electron chi connectivity index (χ2n) is 4.32. The van der Waals surface area contributed by atoms with E-state index in [1.807, 2.05) is 19.2 Å². The number of hydrogen-bond acceptors (Lipinski definition) is 5. The van der Waals surface area contributed by atoms with E-state index in [9.17, 15) is 9.90 Å². The number of thiazole rings is 1. The first-order valence-electron chi connectivity index (χ1n) is 5.84. The maximum absolute atomic E-state index is 11.3. The zero-order chi connectivity index (χ0) is 14.0. The van der Waals surface area contributed by atoms with E-state index in [4.69, 9.17) is 0 Å². The molecule has 0 fully saturated rings. The predicted octanol–water partition coefficient (Wildman–Crippen LogP) is 2.77. The van der Waals surface area contributed by atoms with Crippen LogP contribution in [0.1, 0.15) is 32.3 Å². The first kappa shape index (κ1) is 13.5. The van der Waals surface area contributed by atoms with Crippen LogP contribution in [-0.2, 0) is 6.54 Å². The molecule has 0 unspecified atom stereocenters. The SMILES string of the molecule is Cc1cc(C)c(C(=O)O)c(NCc2csc(C)n2)n1. The Labute approximate surface area is 115 Å². The molecule has 2 rings (SSSR count). The van der Waals surface area contributed by atoms with Crippen molar-refractivity contribution in [3.8, 4) is 0 Å². The van der Waals surface area contributed by atoms with Crippen molar-refractivity contribution in [3.63, 3.8) is 0 Å². The minimum atomic E-state index is -0.970. The lowest BCUT2D eigenvalue weighted by molar-refractivity contribution is 0.0697. The quantitative estimate of drug-likeness (QED) is 0.898. The number of aromatic carboxylic acids is 1. The van der Waals surface area contributed by atoms with Crippen LogP contribution in [0.2, 0.25) is 0 Å². The predicted molar refractivity (Wildman–Crippen MR) is 74.8 cm³/mol. The molecule has 0 aliphatic carbocycles. The van der Waals surface area contributed by atoms with Crippen LogP contribution in [0.15, 0.2) is 11.4 Å². The Balaban J connectivity index is 2.26. The molecule has 100 valence electrons. The van der Waals surface area contributed by atoms with Crippen LogP contribution in [0.3, 0.4) is 0 Å². The third kappa shape index (κ3) is 3.08. The van der Waals surface area contributed by atoms with E-state index in [2.05, 4.69) is 15.3 Å². The van der Waals surface area contributed by atoms with Crippen molar-refractivity contribution in [3.05, 3.63) is 39.0 Å². The van der Waals surface area contributed by atoms with Crippen LogP contribution in [-0.4, -0.2) is 21.0 Å². The van der Waals surface area contributed by atoms with Crippen LogP contribution in [0, 0.1) is 20.8 Å². The van der Waals surface area contributed by atoms with E-state index in [-0.39, 0.29) is 5.56 Å². The maximum Gasteiger partial charge on any atom is 0.339 e. The molecule has 0 radical (unpaired) electrons. The largest absolute Gasteiger partial charge is 0.478 e. The van der Waals surface area contributed by atoms with Crippen molar-refractivity contribution in [1.29, 1.82) is 0 Å². The summed E-state index contributed by atoms with van der Waals surface area (Å²) < 4.78 is 0. The zero-order valence-electron chi connectivity index (χ0n) is 11.0. The maximum atomic E-state index is 11.3. The Hall–Kier alpha value is -1.95. The molecule has 0 aliphatic rings. The number of carboxylic acid groups (broad SMARTS) is 1. The van der Waals surface area contributed by atoms with Gasteiger partial charge in [0.05, 0.1) is 17.2 Å². The Bertz CT molecular complexity index is 622. The lowest BCUT2D eigenvalue weighted by Crippen LogP contribution is -2.11. The monoisotopic (exact) mass is 277 g/mol. The number of carboxylic acids is 1. The number of anilines is 1. The summed E-state index contributed by atoms with van der Waals surface area (Å²) >= 11 is 1.57. The van der Waals surface area contributed by atoms with Crippen molar-refractivity contribution in [2.24, 2.45) is 0 Å². The normalized spacial score (nSPS) is 10.5. The number of rotatable bonds is 4. The Morgan fingerprint density at radius 2 is 2.11 bits per heavy atom. The van der Waals surface area contributed by atoms with Crippen LogP contribution in [0.5, 0.6) is 0 Å². The van der Waals surface area contributed by atoms with Crippen LogP contribution in [0.4, 0.5) is 5.82 Å². The van der Waals surface area contributed by atoms with Gasteiger partial charge in [0.25, 0.3) is 0 Å². The highest BCUT2D eigenvalue weighted by molar-refractivity contribution is 7.09. The van der Waals surface area contributed by atoms with Crippen LogP contribution < -0.4 is 5.32 Å². The Morgan fingerprint density at radius 3 is 2.68 bits per heavy atom. The van der Waals surface area contributed by atoms with Gasteiger partial charge in [-0.1, -0.05) is 0 Å². The zero-order valence-corrected chi connectivity index (χ0v) is 11.8. The molecular formula is C13H15N3O2S. The first-order valence-corrected chi connectivity index (χ1v) is 6.71. The van der Waals surface area contributed by atoms with Gasteiger partial charge in [0.1, 0.15) is 11.4 Å². The molecule has 6 heteroatoms. The molecule has 2 aromatic rings. The summed E-state index contributed by atoms with van der Waals surface area (Å²) in [5.74, 6) is -0.572. The van der Waals surface area contributed by atoms with Crippen molar-refractivity contribution in [2.45, 2.75) is 27.3 Å². The minimum Gasteiger partial charge on any atom is -0.478 e. The van der Waals surface area contributed by atoms with Gasteiger partial charge in [-0.3, -0.25) is 0 Å². The molecule has 19 heavy (non-hydrogen) atoms. The fourth-order valence-corrected chi connectivity index (χ4v) is 2.51. The molecule has 2 heterocycles. The first-order chi connectivity index (χ1) is 8.97. The van der Waals surface area contributed by atoms with E-state index in [0.717, 1.165) is 16.4 Å². The fourth-order valence-electron chi connectivity index (χ4n) is 1.90. The molecule has 0 aliphatic heterocycles. The number of aromatic nitrogens is 2. The summed E-state index contributed by atoms with van der Waals surface area (Å²) in [6.45, 7) is 6.03. The highest BCUT2D eigenvalue weighted by Crippen LogP contribution is 2.19. The Kier molecular flexibility index (Phi) is 3.80. The van der Waals surface area contributed by atoms with Gasteiger partial charge in [-0.15, -0.1) is 11.3 Å². The lowest BCUT2D eigenvalue weighted by atomic mass is 10.1. The molecule has 0 saturated carbocycles. The third-order valence-electron chi connectivity index (χ3n) is 2.66. The van der Waals surface area contributed by atoms with E-state index in [1.54, 1.807) is 24.3 Å². The van der Waals surface area contributed by atoms with Crippen molar-refractivity contribution in [1.82, 2.24) is 9.97 Å². The topological polar surface area (TPSA) is 75.1 Å². The van der Waals surface area contributed by atoms with Gasteiger partial charge in [-0.2, -0.15) is 0 Å². The summed E-state index contributed by atoms with van der Waals surface area (Å²) in [7, 11) is 0. The molecule has 2 N–H and O–H groups in total. The molecular weight excluding hydrogens is 262 g/mol. The minimum absolute atomic E-state index is 0.220. The van der Waals surface area contributed by atoms with E-state index in [0.29, 0.717) is 17.9 Å². The van der Waals surface area contributed by atoms with Gasteiger partial charge >= 0.3 is 5.97 Å². The fraction of sp³-hybridized carbons (Fsp3) is 0.308. The molecule has 2 aromatic heterocycles. The van der Waals surface area contributed by atoms with Gasteiger partial charge in [0.2, 0.25) is 0 Å². The standard InChI is InChI=1S/C13H15N3O2S/c1-7-4-8(2)15-12(11(7)13(17)18)14-5-10-6-19-9(3)16-10/h4,6H,5H2,1-3H3,(H,14,15)(H,17,18). The molecule has 0 aromatic carbocycles. The molecule has 5 nitrogen and oxygen atoms in total. The smallest absolute Gasteiger partial charge is 0.339 e. The number of aryl methyl sites for hydroxylation is 3. The lowest BCUT2D eigenvalue weighted by Gasteiger charge is -2.11. The molecule has 0 atom stereocenters. The van der Waals surface area contributed by atoms with Gasteiger partial charge in [0, 0.05) is 11.1 Å². The van der Waals surface area contributed by atoms with Gasteiger partial charge in [-0.05, 0) is 32.4 Å². The van der Waals surface area contributed by atoms with Crippen molar-refractivity contribution < 1.29 is 9.90 Å². The average Bonchev–Trinajstić information content (AvgIpc) is 2.71. The third-order valence-corrected chi connectivity index (χ3v) is 3.48. The van der Waals surface area contributed by atoms with Gasteiger partial charge < -0.3 is 10.4 Å². The number of hydrogen-bond donors (Lipinski definition) is 2. The summed E-state index contributed by atoms with van der Waals surface area (Å²) in [6.07, 6.45) is 0. The molecule has 0 spiro atoms. The molecule has 0 saturated heterocycles. The second-order valence-corrected chi connectivity index (χ2v) is 5.38. The number of nitrogens with zero attached hydrogens (tertiary/aromatic N) is 2. The van der Waals surface area contributed by atoms with Gasteiger partial charge in [-0.25, -0.2) is 14.8 Å². The molecule has 0 bridgehead atoms. The molecule has 0 amide bonds. The van der Waals surface area contributed by atoms with Crippen LogP contribution in [0.25, 0.3) is 0 Å². The van der Waals surface area contributed by atoms with Crippen molar-refractivity contribution in [2.75, 3.05) is 5.32 Å². The second kappa shape index (κ2) is 5.36. The summed E-state index contributed by atoms with van der Waals surface area (Å²) in [5, 5.41) is 15.2. The van der Waals surface area contributed by atoms with Gasteiger partial charge in [0.15, 0.2) is 0 Å². The summed E-state index contributed by atoms with van der Waals surface area (Å²) in [4.78, 5) is 19.9. The van der Waals surface area contributed by atoms with E-state index < -0.39 is 5.97 Å². The Morgan fingerprint density at radius 1 is 1.37 bits per heavy atom. The average molecular weight is 277 g/mol. The van der Waals surface area contributed by atoms with Crippen molar-refractivity contribution >= 4 is 23.1 Å². The highest BCUT2D eigenvalue weighted by Gasteiger charge is 2.15. The van der Waals surface area contributed by atoms with E-state index in [1.165, 1.54) is 0 Å². The van der Waals surface area contributed by atoms with E-state index >= 15 is 0 Å². The summed E-state index contributed by atoms with van der Waals surface area (Å²) in [5.41, 5.74) is 2.61. The number of carbonyl (C=O) groups is 1.